The second kappa shape index (κ2) is 6.19. The second-order valence-corrected chi connectivity index (χ2v) is 5.52. The monoisotopic (exact) mass is 247 g/mol. The first-order chi connectivity index (χ1) is 8.66. The Kier molecular flexibility index (Phi) is 4.59. The van der Waals surface area contributed by atoms with Crippen LogP contribution in [-0.4, -0.2) is 23.6 Å². The number of aromatic nitrogens is 1. The first-order valence-electron chi connectivity index (χ1n) is 7.09. The quantitative estimate of drug-likeness (QED) is 0.858. The maximum atomic E-state index is 4.36. The summed E-state index contributed by atoms with van der Waals surface area (Å²) in [6.07, 6.45) is 7.09. The van der Waals surface area contributed by atoms with Gasteiger partial charge in [0, 0.05) is 18.3 Å². The third-order valence-corrected chi connectivity index (χ3v) is 3.79. The van der Waals surface area contributed by atoms with Crippen LogP contribution in [0.2, 0.25) is 0 Å². The predicted octanol–water partition coefficient (Wildman–Crippen LogP) is 3.03. The lowest BCUT2D eigenvalue weighted by molar-refractivity contribution is 0.371. The third-order valence-electron chi connectivity index (χ3n) is 3.79. The zero-order chi connectivity index (χ0) is 13.0. The molecule has 3 heteroatoms. The van der Waals surface area contributed by atoms with Crippen LogP contribution in [0, 0.1) is 13.8 Å². The topological polar surface area (TPSA) is 37.0 Å². The van der Waals surface area contributed by atoms with Gasteiger partial charge in [0.1, 0.15) is 0 Å². The SMILES string of the molecule is Cc1ccnc(C)c1NC(C)CC1CCCCN1. The molecule has 100 valence electrons. The van der Waals surface area contributed by atoms with Gasteiger partial charge in [-0.3, -0.25) is 4.98 Å². The van der Waals surface area contributed by atoms with E-state index >= 15 is 0 Å². The van der Waals surface area contributed by atoms with Crippen molar-refractivity contribution in [3.63, 3.8) is 0 Å². The van der Waals surface area contributed by atoms with Crippen molar-refractivity contribution in [2.75, 3.05) is 11.9 Å². The summed E-state index contributed by atoms with van der Waals surface area (Å²) in [6.45, 7) is 7.66. The van der Waals surface area contributed by atoms with Crippen LogP contribution in [-0.2, 0) is 0 Å². The standard InChI is InChI=1S/C15H25N3/c1-11-7-9-16-13(3)15(11)18-12(2)10-14-6-4-5-8-17-14/h7,9,12,14,17-18H,4-6,8,10H2,1-3H3. The molecule has 0 radical (unpaired) electrons. The minimum atomic E-state index is 0.488. The summed E-state index contributed by atoms with van der Waals surface area (Å²) in [4.78, 5) is 4.36. The zero-order valence-corrected chi connectivity index (χ0v) is 11.8. The van der Waals surface area contributed by atoms with Gasteiger partial charge in [0.15, 0.2) is 0 Å². The van der Waals surface area contributed by atoms with Crippen molar-refractivity contribution < 1.29 is 0 Å². The predicted molar refractivity (Wildman–Crippen MR) is 77.1 cm³/mol. The van der Waals surface area contributed by atoms with E-state index in [0.717, 1.165) is 5.69 Å². The molecule has 2 N–H and O–H groups in total. The molecule has 1 saturated heterocycles. The second-order valence-electron chi connectivity index (χ2n) is 5.52. The lowest BCUT2D eigenvalue weighted by atomic mass is 9.98. The number of hydrogen-bond acceptors (Lipinski definition) is 3. The number of rotatable bonds is 4. The van der Waals surface area contributed by atoms with Crippen LogP contribution in [0.4, 0.5) is 5.69 Å². The van der Waals surface area contributed by atoms with Gasteiger partial charge in [-0.25, -0.2) is 0 Å². The van der Waals surface area contributed by atoms with Gasteiger partial charge in [0.2, 0.25) is 0 Å². The molecule has 0 aliphatic carbocycles. The number of pyridine rings is 1. The molecule has 3 nitrogen and oxygen atoms in total. The maximum absolute atomic E-state index is 4.36. The average Bonchev–Trinajstić information content (AvgIpc) is 2.35. The summed E-state index contributed by atoms with van der Waals surface area (Å²) in [5.74, 6) is 0. The van der Waals surface area contributed by atoms with E-state index in [1.165, 1.54) is 43.5 Å². The summed E-state index contributed by atoms with van der Waals surface area (Å²) in [5.41, 5.74) is 3.59. The van der Waals surface area contributed by atoms with Crippen molar-refractivity contribution in [1.29, 1.82) is 0 Å². The molecule has 0 amide bonds. The van der Waals surface area contributed by atoms with E-state index in [4.69, 9.17) is 0 Å². The van der Waals surface area contributed by atoms with Gasteiger partial charge in [-0.2, -0.15) is 0 Å². The van der Waals surface area contributed by atoms with Crippen LogP contribution in [0.1, 0.15) is 43.9 Å². The lowest BCUT2D eigenvalue weighted by Crippen LogP contribution is -2.37. The van der Waals surface area contributed by atoms with Crippen molar-refractivity contribution in [2.45, 2.75) is 58.5 Å². The zero-order valence-electron chi connectivity index (χ0n) is 11.8. The van der Waals surface area contributed by atoms with Crippen LogP contribution in [0.15, 0.2) is 12.3 Å². The summed E-state index contributed by atoms with van der Waals surface area (Å²) in [6, 6.07) is 3.24. The van der Waals surface area contributed by atoms with Crippen LogP contribution in [0.3, 0.4) is 0 Å². The van der Waals surface area contributed by atoms with Crippen molar-refractivity contribution in [2.24, 2.45) is 0 Å². The first kappa shape index (κ1) is 13.3. The Bertz CT molecular complexity index is 363. The fourth-order valence-electron chi connectivity index (χ4n) is 2.77. The van der Waals surface area contributed by atoms with Gasteiger partial charge < -0.3 is 10.6 Å². The number of aryl methyl sites for hydroxylation is 2. The van der Waals surface area contributed by atoms with Crippen LogP contribution in [0.25, 0.3) is 0 Å². The van der Waals surface area contributed by atoms with E-state index < -0.39 is 0 Å². The van der Waals surface area contributed by atoms with Crippen LogP contribution in [0.5, 0.6) is 0 Å². The number of nitrogens with zero attached hydrogens (tertiary/aromatic N) is 1. The Hall–Kier alpha value is -1.09. The van der Waals surface area contributed by atoms with Gasteiger partial charge in [-0.1, -0.05) is 6.42 Å². The molecule has 1 fully saturated rings. The fourth-order valence-corrected chi connectivity index (χ4v) is 2.77. The van der Waals surface area contributed by atoms with Crippen molar-refractivity contribution >= 4 is 5.69 Å². The highest BCUT2D eigenvalue weighted by Gasteiger charge is 2.16. The van der Waals surface area contributed by atoms with Crippen molar-refractivity contribution in [1.82, 2.24) is 10.3 Å². The molecule has 1 aliphatic rings. The molecule has 2 rings (SSSR count). The van der Waals surface area contributed by atoms with Gasteiger partial charge in [0.05, 0.1) is 11.4 Å². The molecule has 0 spiro atoms. The number of hydrogen-bond donors (Lipinski definition) is 2. The molecule has 1 aromatic rings. The number of piperidine rings is 1. The molecule has 18 heavy (non-hydrogen) atoms. The summed E-state index contributed by atoms with van der Waals surface area (Å²) >= 11 is 0. The molecule has 2 unspecified atom stereocenters. The molecule has 1 aromatic heterocycles. The number of anilines is 1. The highest BCUT2D eigenvalue weighted by Crippen LogP contribution is 2.20. The largest absolute Gasteiger partial charge is 0.381 e. The van der Waals surface area contributed by atoms with Crippen LogP contribution >= 0.6 is 0 Å². The highest BCUT2D eigenvalue weighted by atomic mass is 15.0. The minimum absolute atomic E-state index is 0.488. The maximum Gasteiger partial charge on any atom is 0.0606 e. The summed E-state index contributed by atoms with van der Waals surface area (Å²) in [7, 11) is 0. The average molecular weight is 247 g/mol. The molecule has 0 bridgehead atoms. The Morgan fingerprint density at radius 1 is 1.44 bits per heavy atom. The van der Waals surface area contributed by atoms with Gasteiger partial charge in [-0.05, 0) is 58.2 Å². The van der Waals surface area contributed by atoms with Gasteiger partial charge in [-0.15, -0.1) is 0 Å². The Labute approximate surface area is 110 Å². The van der Waals surface area contributed by atoms with E-state index in [9.17, 15) is 0 Å². The molecular weight excluding hydrogens is 222 g/mol. The van der Waals surface area contributed by atoms with Gasteiger partial charge >= 0.3 is 0 Å². The molecular formula is C15H25N3. The van der Waals surface area contributed by atoms with Gasteiger partial charge in [0.25, 0.3) is 0 Å². The molecule has 1 aliphatic heterocycles. The van der Waals surface area contributed by atoms with Crippen LogP contribution < -0.4 is 10.6 Å². The van der Waals surface area contributed by atoms with E-state index in [-0.39, 0.29) is 0 Å². The Morgan fingerprint density at radius 2 is 2.28 bits per heavy atom. The van der Waals surface area contributed by atoms with E-state index in [1.54, 1.807) is 0 Å². The fraction of sp³-hybridized carbons (Fsp3) is 0.667. The van der Waals surface area contributed by atoms with Crippen molar-refractivity contribution in [3.05, 3.63) is 23.5 Å². The number of nitrogens with one attached hydrogen (secondary N) is 2. The Balaban J connectivity index is 1.92. The molecule has 0 aromatic carbocycles. The summed E-state index contributed by atoms with van der Waals surface area (Å²) < 4.78 is 0. The molecule has 0 saturated carbocycles. The van der Waals surface area contributed by atoms with E-state index in [1.807, 2.05) is 6.20 Å². The smallest absolute Gasteiger partial charge is 0.0606 e. The molecule has 2 atom stereocenters. The first-order valence-corrected chi connectivity index (χ1v) is 7.09. The Morgan fingerprint density at radius 3 is 2.94 bits per heavy atom. The van der Waals surface area contributed by atoms with Crippen molar-refractivity contribution in [3.8, 4) is 0 Å². The lowest BCUT2D eigenvalue weighted by Gasteiger charge is -2.27. The normalized spacial score (nSPS) is 21.6. The third kappa shape index (κ3) is 3.45. The van der Waals surface area contributed by atoms with E-state index in [0.29, 0.717) is 12.1 Å². The summed E-state index contributed by atoms with van der Waals surface area (Å²) in [5, 5.41) is 7.23. The van der Waals surface area contributed by atoms with E-state index in [2.05, 4.69) is 42.5 Å². The molecule has 2 heterocycles. The minimum Gasteiger partial charge on any atom is -0.381 e. The highest BCUT2D eigenvalue weighted by molar-refractivity contribution is 5.54.